The number of nitrogens with zero attached hydrogens (tertiary/aromatic N) is 2. The van der Waals surface area contributed by atoms with Crippen LogP contribution in [0.3, 0.4) is 0 Å². The summed E-state index contributed by atoms with van der Waals surface area (Å²) in [6.45, 7) is 1.47. The fourth-order valence-corrected chi connectivity index (χ4v) is 4.10. The zero-order valence-electron chi connectivity index (χ0n) is 15.5. The van der Waals surface area contributed by atoms with Gasteiger partial charge in [0.05, 0.1) is 0 Å². The van der Waals surface area contributed by atoms with Crippen molar-refractivity contribution >= 4 is 16.8 Å². The number of nitrogens with one attached hydrogen (secondary N) is 1. The number of hydrogen-bond acceptors (Lipinski definition) is 3. The second-order valence-electron chi connectivity index (χ2n) is 7.30. The van der Waals surface area contributed by atoms with E-state index in [0.717, 1.165) is 31.5 Å². The number of rotatable bonds is 3. The molecule has 0 spiro atoms. The van der Waals surface area contributed by atoms with E-state index in [2.05, 4.69) is 34.5 Å². The number of likely N-dealkylation sites (tertiary alicyclic amines) is 1. The van der Waals surface area contributed by atoms with E-state index in [1.54, 1.807) is 6.07 Å². The number of amides is 1. The Hall–Kier alpha value is -3.34. The summed E-state index contributed by atoms with van der Waals surface area (Å²) in [5.41, 5.74) is 3.83. The number of para-hydroxylation sites is 1. The molecule has 1 aliphatic heterocycles. The van der Waals surface area contributed by atoms with Crippen molar-refractivity contribution in [2.75, 3.05) is 13.1 Å². The maximum Gasteiger partial charge on any atom is 0.276 e. The Kier molecular flexibility index (Phi) is 4.20. The third-order valence-electron chi connectivity index (χ3n) is 5.63. The fourth-order valence-electron chi connectivity index (χ4n) is 4.10. The Balaban J connectivity index is 1.28. The summed E-state index contributed by atoms with van der Waals surface area (Å²) in [4.78, 5) is 18.1. The van der Waals surface area contributed by atoms with E-state index in [9.17, 15) is 4.79 Å². The van der Waals surface area contributed by atoms with Gasteiger partial charge in [0.2, 0.25) is 0 Å². The summed E-state index contributed by atoms with van der Waals surface area (Å²) < 4.78 is 5.39. The first-order chi connectivity index (χ1) is 13.8. The number of carbonyl (C=O) groups is 1. The lowest BCUT2D eigenvalue weighted by molar-refractivity contribution is 0.0703. The Morgan fingerprint density at radius 2 is 1.79 bits per heavy atom. The normalized spacial score (nSPS) is 15.2. The first kappa shape index (κ1) is 16.8. The molecule has 0 aliphatic carbocycles. The molecule has 5 rings (SSSR count). The van der Waals surface area contributed by atoms with Crippen molar-refractivity contribution in [3.63, 3.8) is 0 Å². The maximum absolute atomic E-state index is 12.8. The minimum Gasteiger partial charge on any atom is -0.361 e. The molecule has 5 heteroatoms. The van der Waals surface area contributed by atoms with Crippen LogP contribution < -0.4 is 0 Å². The lowest BCUT2D eigenvalue weighted by atomic mass is 9.89. The number of hydrogen-bond donors (Lipinski definition) is 1. The van der Waals surface area contributed by atoms with Crippen molar-refractivity contribution in [1.29, 1.82) is 0 Å². The molecular weight excluding hydrogens is 350 g/mol. The molecule has 1 N–H and O–H groups in total. The van der Waals surface area contributed by atoms with Gasteiger partial charge in [0.1, 0.15) is 0 Å². The molecule has 3 heterocycles. The molecule has 28 heavy (non-hydrogen) atoms. The highest BCUT2D eigenvalue weighted by molar-refractivity contribution is 5.93. The molecule has 0 bridgehead atoms. The minimum absolute atomic E-state index is 0.0525. The summed E-state index contributed by atoms with van der Waals surface area (Å²) in [7, 11) is 0. The average Bonchev–Trinajstić information content (AvgIpc) is 3.42. The van der Waals surface area contributed by atoms with Gasteiger partial charge in [-0.3, -0.25) is 4.79 Å². The van der Waals surface area contributed by atoms with E-state index in [0.29, 0.717) is 17.4 Å². The second-order valence-corrected chi connectivity index (χ2v) is 7.30. The third-order valence-corrected chi connectivity index (χ3v) is 5.63. The highest BCUT2D eigenvalue weighted by Gasteiger charge is 2.27. The maximum atomic E-state index is 12.8. The van der Waals surface area contributed by atoms with Crippen LogP contribution in [0.25, 0.3) is 22.2 Å². The highest BCUT2D eigenvalue weighted by atomic mass is 16.5. The third kappa shape index (κ3) is 2.99. The first-order valence-electron chi connectivity index (χ1n) is 9.67. The van der Waals surface area contributed by atoms with Gasteiger partial charge < -0.3 is 14.4 Å². The van der Waals surface area contributed by atoms with Gasteiger partial charge in [-0.05, 0) is 30.4 Å². The van der Waals surface area contributed by atoms with Crippen LogP contribution in [0.5, 0.6) is 0 Å². The Morgan fingerprint density at radius 1 is 1.04 bits per heavy atom. The summed E-state index contributed by atoms with van der Waals surface area (Å²) in [5, 5.41) is 5.29. The molecule has 0 unspecified atom stereocenters. The standard InChI is InChI=1S/C23H21N3O2/c27-23(21-14-22(28-25-21)17-6-2-1-3-7-17)26-12-10-16(11-13-26)19-15-24-20-9-5-4-8-18(19)20/h1-9,14-16,24H,10-13H2. The van der Waals surface area contributed by atoms with Crippen molar-refractivity contribution in [2.45, 2.75) is 18.8 Å². The molecule has 2 aromatic carbocycles. The number of benzene rings is 2. The van der Waals surface area contributed by atoms with E-state index in [-0.39, 0.29) is 5.91 Å². The molecule has 1 fully saturated rings. The van der Waals surface area contributed by atoms with Crippen LogP contribution in [0.15, 0.2) is 71.4 Å². The lowest BCUT2D eigenvalue weighted by Gasteiger charge is -2.31. The van der Waals surface area contributed by atoms with E-state index in [1.165, 1.54) is 16.5 Å². The summed E-state index contributed by atoms with van der Waals surface area (Å²) in [5.74, 6) is 1.04. The minimum atomic E-state index is -0.0525. The smallest absolute Gasteiger partial charge is 0.276 e. The largest absolute Gasteiger partial charge is 0.361 e. The molecule has 4 aromatic rings. The monoisotopic (exact) mass is 371 g/mol. The molecule has 1 saturated heterocycles. The Bertz CT molecular complexity index is 1110. The molecule has 140 valence electrons. The van der Waals surface area contributed by atoms with E-state index in [1.807, 2.05) is 41.3 Å². The lowest BCUT2D eigenvalue weighted by Crippen LogP contribution is -2.38. The van der Waals surface area contributed by atoms with Crippen LogP contribution in [0.2, 0.25) is 0 Å². The molecule has 0 saturated carbocycles. The van der Waals surface area contributed by atoms with Crippen LogP contribution >= 0.6 is 0 Å². The molecule has 1 aliphatic rings. The second kappa shape index (κ2) is 7.00. The van der Waals surface area contributed by atoms with Crippen LogP contribution in [-0.4, -0.2) is 34.0 Å². The zero-order chi connectivity index (χ0) is 18.9. The molecule has 5 nitrogen and oxygen atoms in total. The predicted molar refractivity (Wildman–Crippen MR) is 108 cm³/mol. The van der Waals surface area contributed by atoms with Crippen molar-refractivity contribution < 1.29 is 9.32 Å². The van der Waals surface area contributed by atoms with Crippen LogP contribution in [0.1, 0.15) is 34.8 Å². The van der Waals surface area contributed by atoms with Crippen LogP contribution in [0.4, 0.5) is 0 Å². The molecule has 0 atom stereocenters. The van der Waals surface area contributed by atoms with Crippen molar-refractivity contribution in [1.82, 2.24) is 15.0 Å². The molecular formula is C23H21N3O2. The van der Waals surface area contributed by atoms with Crippen LogP contribution in [0, 0.1) is 0 Å². The SMILES string of the molecule is O=C(c1cc(-c2ccccc2)on1)N1CCC(c2c[nH]c3ccccc23)CC1. The Labute approximate surface area is 163 Å². The molecule has 1 amide bonds. The summed E-state index contributed by atoms with van der Waals surface area (Å²) >= 11 is 0. The highest BCUT2D eigenvalue weighted by Crippen LogP contribution is 2.33. The van der Waals surface area contributed by atoms with Crippen molar-refractivity contribution in [3.8, 4) is 11.3 Å². The van der Waals surface area contributed by atoms with Gasteiger partial charge in [0.15, 0.2) is 11.5 Å². The van der Waals surface area contributed by atoms with Gasteiger partial charge in [-0.2, -0.15) is 0 Å². The van der Waals surface area contributed by atoms with E-state index >= 15 is 0 Å². The van der Waals surface area contributed by atoms with E-state index < -0.39 is 0 Å². The topological polar surface area (TPSA) is 62.1 Å². The fraction of sp³-hybridized carbons (Fsp3) is 0.217. The van der Waals surface area contributed by atoms with E-state index in [4.69, 9.17) is 4.52 Å². The van der Waals surface area contributed by atoms with Gasteiger partial charge >= 0.3 is 0 Å². The quantitative estimate of drug-likeness (QED) is 0.560. The number of H-pyrrole nitrogens is 1. The molecule has 0 radical (unpaired) electrons. The first-order valence-corrected chi connectivity index (χ1v) is 9.67. The number of fused-ring (bicyclic) bond motifs is 1. The van der Waals surface area contributed by atoms with Gasteiger partial charge in [-0.25, -0.2) is 0 Å². The average molecular weight is 371 g/mol. The number of aromatic amines is 1. The number of piperidine rings is 1. The number of aromatic nitrogens is 2. The summed E-state index contributed by atoms with van der Waals surface area (Å²) in [6, 6.07) is 19.9. The predicted octanol–water partition coefficient (Wildman–Crippen LogP) is 4.84. The summed E-state index contributed by atoms with van der Waals surface area (Å²) in [6.07, 6.45) is 4.03. The van der Waals surface area contributed by atoms with Crippen molar-refractivity contribution in [3.05, 3.63) is 78.1 Å². The zero-order valence-corrected chi connectivity index (χ0v) is 15.5. The van der Waals surface area contributed by atoms with Gasteiger partial charge in [-0.1, -0.05) is 53.7 Å². The molecule has 2 aromatic heterocycles. The number of carbonyl (C=O) groups excluding carboxylic acids is 1. The van der Waals surface area contributed by atoms with Crippen molar-refractivity contribution in [2.24, 2.45) is 0 Å². The van der Waals surface area contributed by atoms with Crippen LogP contribution in [-0.2, 0) is 0 Å². The Morgan fingerprint density at radius 3 is 2.61 bits per heavy atom. The van der Waals surface area contributed by atoms with Gasteiger partial charge in [0.25, 0.3) is 5.91 Å². The van der Waals surface area contributed by atoms with Gasteiger partial charge in [0, 0.05) is 41.8 Å². The van der Waals surface area contributed by atoms with Gasteiger partial charge in [-0.15, -0.1) is 0 Å².